The summed E-state index contributed by atoms with van der Waals surface area (Å²) in [5.74, 6) is -0.973. The van der Waals surface area contributed by atoms with Crippen LogP contribution in [0.15, 0.2) is 59.5 Å². The van der Waals surface area contributed by atoms with Crippen molar-refractivity contribution in [1.29, 1.82) is 0 Å². The van der Waals surface area contributed by atoms with Gasteiger partial charge in [0.1, 0.15) is 0 Å². The molecule has 142 valence electrons. The number of piperidine rings is 1. The Labute approximate surface area is 158 Å². The van der Waals surface area contributed by atoms with E-state index in [-0.39, 0.29) is 16.7 Å². The zero-order chi connectivity index (χ0) is 19.4. The molecule has 1 saturated heterocycles. The Hall–Kier alpha value is -2.87. The van der Waals surface area contributed by atoms with Crippen molar-refractivity contribution in [2.24, 2.45) is 11.7 Å². The average molecular weight is 387 g/mol. The zero-order valence-corrected chi connectivity index (χ0v) is 15.5. The lowest BCUT2D eigenvalue weighted by molar-refractivity contribution is -0.123. The van der Waals surface area contributed by atoms with Gasteiger partial charge in [-0.2, -0.15) is 0 Å². The van der Waals surface area contributed by atoms with Crippen molar-refractivity contribution in [2.45, 2.75) is 17.7 Å². The fraction of sp³-hybridized carbons (Fsp3) is 0.263. The third-order valence-electron chi connectivity index (χ3n) is 4.55. The van der Waals surface area contributed by atoms with Crippen molar-refractivity contribution in [3.8, 4) is 0 Å². The predicted molar refractivity (Wildman–Crippen MR) is 102 cm³/mol. The molecule has 1 heterocycles. The minimum absolute atomic E-state index is 0.0663. The molecule has 2 aromatic carbocycles. The first-order valence-corrected chi connectivity index (χ1v) is 10.1. The number of carbonyl (C=O) groups is 2. The van der Waals surface area contributed by atoms with E-state index in [0.29, 0.717) is 37.2 Å². The third kappa shape index (κ3) is 4.46. The molecule has 0 aromatic heterocycles. The smallest absolute Gasteiger partial charge is 0.261 e. The lowest BCUT2D eigenvalue weighted by Gasteiger charge is -2.31. The van der Waals surface area contributed by atoms with E-state index in [1.54, 1.807) is 35.2 Å². The van der Waals surface area contributed by atoms with Crippen LogP contribution in [0.3, 0.4) is 0 Å². The molecule has 27 heavy (non-hydrogen) atoms. The molecule has 1 atom stereocenters. The molecule has 1 unspecified atom stereocenters. The van der Waals surface area contributed by atoms with Crippen molar-refractivity contribution in [1.82, 2.24) is 4.90 Å². The SMILES string of the molecule is NC(=O)C1CCCN(C(=O)c2ccc(S(=O)(=O)Nc3ccccc3)cc2)C1. The Bertz CT molecular complexity index is 927. The fourth-order valence-corrected chi connectivity index (χ4v) is 4.13. The molecule has 2 aromatic rings. The predicted octanol–water partition coefficient (Wildman–Crippen LogP) is 1.82. The van der Waals surface area contributed by atoms with Crippen LogP contribution in [0.1, 0.15) is 23.2 Å². The van der Waals surface area contributed by atoms with Gasteiger partial charge >= 0.3 is 0 Å². The second-order valence-electron chi connectivity index (χ2n) is 6.49. The van der Waals surface area contributed by atoms with Crippen LogP contribution in [-0.4, -0.2) is 38.2 Å². The molecule has 2 amide bonds. The summed E-state index contributed by atoms with van der Waals surface area (Å²) in [7, 11) is -3.74. The first-order valence-electron chi connectivity index (χ1n) is 8.63. The lowest BCUT2D eigenvalue weighted by Crippen LogP contribution is -2.44. The molecule has 0 bridgehead atoms. The minimum atomic E-state index is -3.74. The number of hydrogen-bond donors (Lipinski definition) is 2. The Balaban J connectivity index is 1.73. The number of rotatable bonds is 5. The van der Waals surface area contributed by atoms with Crippen molar-refractivity contribution in [3.63, 3.8) is 0 Å². The number of nitrogens with zero attached hydrogens (tertiary/aromatic N) is 1. The number of para-hydroxylation sites is 1. The largest absolute Gasteiger partial charge is 0.369 e. The highest BCUT2D eigenvalue weighted by molar-refractivity contribution is 7.92. The maximum atomic E-state index is 12.6. The number of primary amides is 1. The number of nitrogens with two attached hydrogens (primary N) is 1. The number of anilines is 1. The average Bonchev–Trinajstić information content (AvgIpc) is 2.68. The van der Waals surface area contributed by atoms with Gasteiger partial charge in [-0.25, -0.2) is 8.42 Å². The number of likely N-dealkylation sites (tertiary alicyclic amines) is 1. The van der Waals surface area contributed by atoms with Crippen molar-refractivity contribution < 1.29 is 18.0 Å². The standard InChI is InChI=1S/C19H21N3O4S/c20-18(23)15-5-4-12-22(13-15)19(24)14-8-10-17(11-9-14)27(25,26)21-16-6-2-1-3-7-16/h1-3,6-11,15,21H,4-5,12-13H2,(H2,20,23). The Kier molecular flexibility index (Phi) is 5.46. The van der Waals surface area contributed by atoms with Crippen LogP contribution in [0.4, 0.5) is 5.69 Å². The highest BCUT2D eigenvalue weighted by atomic mass is 32.2. The van der Waals surface area contributed by atoms with Gasteiger partial charge in [0.05, 0.1) is 10.8 Å². The van der Waals surface area contributed by atoms with Gasteiger partial charge in [-0.15, -0.1) is 0 Å². The fourth-order valence-electron chi connectivity index (χ4n) is 3.07. The van der Waals surface area contributed by atoms with Crippen LogP contribution in [0, 0.1) is 5.92 Å². The van der Waals surface area contributed by atoms with Crippen molar-refractivity contribution in [3.05, 3.63) is 60.2 Å². The Morgan fingerprint density at radius 1 is 1.04 bits per heavy atom. The summed E-state index contributed by atoms with van der Waals surface area (Å²) in [4.78, 5) is 25.7. The summed E-state index contributed by atoms with van der Waals surface area (Å²) in [6.45, 7) is 0.849. The summed E-state index contributed by atoms with van der Waals surface area (Å²) in [5.41, 5.74) is 6.18. The first kappa shape index (κ1) is 18.9. The lowest BCUT2D eigenvalue weighted by atomic mass is 9.97. The van der Waals surface area contributed by atoms with Gasteiger partial charge in [0.2, 0.25) is 5.91 Å². The second kappa shape index (κ2) is 7.79. The summed E-state index contributed by atoms with van der Waals surface area (Å²) < 4.78 is 27.4. The third-order valence-corrected chi connectivity index (χ3v) is 5.95. The zero-order valence-electron chi connectivity index (χ0n) is 14.7. The molecule has 0 saturated carbocycles. The molecular formula is C19H21N3O4S. The Morgan fingerprint density at radius 3 is 2.33 bits per heavy atom. The summed E-state index contributed by atoms with van der Waals surface area (Å²) in [5, 5.41) is 0. The molecule has 3 N–H and O–H groups in total. The topological polar surface area (TPSA) is 110 Å². The van der Waals surface area contributed by atoms with Crippen LogP contribution in [0.2, 0.25) is 0 Å². The van der Waals surface area contributed by atoms with E-state index < -0.39 is 15.9 Å². The van der Waals surface area contributed by atoms with Gasteiger partial charge in [-0.3, -0.25) is 14.3 Å². The highest BCUT2D eigenvalue weighted by Crippen LogP contribution is 2.20. The van der Waals surface area contributed by atoms with E-state index in [0.717, 1.165) is 0 Å². The van der Waals surface area contributed by atoms with Gasteiger partial charge < -0.3 is 10.6 Å². The molecule has 7 nitrogen and oxygen atoms in total. The number of amides is 2. The molecule has 0 aliphatic carbocycles. The summed E-state index contributed by atoms with van der Waals surface area (Å²) in [6, 6.07) is 14.3. The van der Waals surface area contributed by atoms with Crippen molar-refractivity contribution >= 4 is 27.5 Å². The first-order chi connectivity index (χ1) is 12.9. The molecule has 1 aliphatic heterocycles. The highest BCUT2D eigenvalue weighted by Gasteiger charge is 2.27. The number of benzene rings is 2. The monoisotopic (exact) mass is 387 g/mol. The molecule has 3 rings (SSSR count). The van der Waals surface area contributed by atoms with Crippen LogP contribution < -0.4 is 10.5 Å². The maximum absolute atomic E-state index is 12.6. The number of sulfonamides is 1. The summed E-state index contributed by atoms with van der Waals surface area (Å²) in [6.07, 6.45) is 1.40. The number of carbonyl (C=O) groups excluding carboxylic acids is 2. The van der Waals surface area contributed by atoms with Gasteiger partial charge in [0.25, 0.3) is 15.9 Å². The summed E-state index contributed by atoms with van der Waals surface area (Å²) >= 11 is 0. The van der Waals surface area contributed by atoms with E-state index in [4.69, 9.17) is 5.73 Å². The van der Waals surface area contributed by atoms with Crippen LogP contribution >= 0.6 is 0 Å². The second-order valence-corrected chi connectivity index (χ2v) is 8.17. The molecule has 8 heteroatoms. The number of hydrogen-bond acceptors (Lipinski definition) is 4. The van der Waals surface area contributed by atoms with Crippen LogP contribution in [0.5, 0.6) is 0 Å². The van der Waals surface area contributed by atoms with Gasteiger partial charge in [-0.1, -0.05) is 18.2 Å². The van der Waals surface area contributed by atoms with Crippen LogP contribution in [0.25, 0.3) is 0 Å². The van der Waals surface area contributed by atoms with E-state index >= 15 is 0 Å². The van der Waals surface area contributed by atoms with E-state index in [1.807, 2.05) is 0 Å². The van der Waals surface area contributed by atoms with Crippen LogP contribution in [-0.2, 0) is 14.8 Å². The van der Waals surface area contributed by atoms with Gasteiger partial charge in [0.15, 0.2) is 0 Å². The van der Waals surface area contributed by atoms with E-state index in [2.05, 4.69) is 4.72 Å². The Morgan fingerprint density at radius 2 is 1.70 bits per heavy atom. The normalized spacial score (nSPS) is 17.3. The maximum Gasteiger partial charge on any atom is 0.261 e. The molecule has 1 fully saturated rings. The number of nitrogens with one attached hydrogen (secondary N) is 1. The molecule has 0 spiro atoms. The van der Waals surface area contributed by atoms with E-state index in [9.17, 15) is 18.0 Å². The van der Waals surface area contributed by atoms with Gasteiger partial charge in [-0.05, 0) is 49.2 Å². The minimum Gasteiger partial charge on any atom is -0.369 e. The molecule has 0 radical (unpaired) electrons. The quantitative estimate of drug-likeness (QED) is 0.815. The van der Waals surface area contributed by atoms with E-state index in [1.165, 1.54) is 24.3 Å². The van der Waals surface area contributed by atoms with Crippen molar-refractivity contribution in [2.75, 3.05) is 17.8 Å². The molecule has 1 aliphatic rings. The van der Waals surface area contributed by atoms with Gasteiger partial charge in [0, 0.05) is 24.3 Å². The molecular weight excluding hydrogens is 366 g/mol.